The molecule has 2 rings (SSSR count). The molecule has 1 heterocycles. The molecule has 1 aromatic heterocycles. The van der Waals surface area contributed by atoms with Gasteiger partial charge in [-0.2, -0.15) is 13.2 Å². The highest BCUT2D eigenvalue weighted by molar-refractivity contribution is 7.92. The summed E-state index contributed by atoms with van der Waals surface area (Å²) >= 11 is 11.5. The molecule has 0 aliphatic heterocycles. The lowest BCUT2D eigenvalue weighted by Gasteiger charge is -2.26. The number of anilines is 1. The lowest BCUT2D eigenvalue weighted by atomic mass is 10.0. The zero-order valence-corrected chi connectivity index (χ0v) is 16.1. The fourth-order valence-corrected chi connectivity index (χ4v) is 4.34. The highest BCUT2D eigenvalue weighted by Gasteiger charge is 2.35. The van der Waals surface area contributed by atoms with E-state index in [0.29, 0.717) is 18.1 Å². The lowest BCUT2D eigenvalue weighted by Crippen LogP contribution is -2.36. The zero-order chi connectivity index (χ0) is 19.7. The largest absolute Gasteiger partial charge is 0.417 e. The molecule has 2 aromatic rings. The Morgan fingerprint density at radius 3 is 2.46 bits per heavy atom. The average molecular weight is 425 g/mol. The van der Waals surface area contributed by atoms with E-state index >= 15 is 0 Å². The maximum atomic E-state index is 13.1. The highest BCUT2D eigenvalue weighted by Crippen LogP contribution is 2.36. The Morgan fingerprint density at radius 2 is 1.88 bits per heavy atom. The van der Waals surface area contributed by atoms with E-state index in [4.69, 9.17) is 23.2 Å². The molecule has 0 aliphatic rings. The van der Waals surface area contributed by atoms with E-state index in [1.807, 2.05) is 0 Å². The first-order valence-corrected chi connectivity index (χ1v) is 9.69. The van der Waals surface area contributed by atoms with Crippen LogP contribution >= 0.6 is 23.2 Å². The van der Waals surface area contributed by atoms with E-state index in [-0.39, 0.29) is 17.3 Å². The number of hydrogen-bond donors (Lipinski definition) is 0. The van der Waals surface area contributed by atoms with Crippen LogP contribution in [0.5, 0.6) is 0 Å². The second-order valence-electron chi connectivity index (χ2n) is 5.47. The molecule has 26 heavy (non-hydrogen) atoms. The number of benzene rings is 1. The fourth-order valence-electron chi connectivity index (χ4n) is 2.33. The van der Waals surface area contributed by atoms with Crippen LogP contribution in [0.1, 0.15) is 18.9 Å². The molecule has 4 nitrogen and oxygen atoms in total. The topological polar surface area (TPSA) is 50.3 Å². The molecule has 0 radical (unpaired) electrons. The SMILES string of the molecule is Bc1ncc(Cl)cc1N(CCC)S(=O)(=O)c1ccc(Cl)c(C(F)(F)F)c1. The number of alkyl halides is 3. The van der Waals surface area contributed by atoms with Crippen molar-refractivity contribution in [1.29, 1.82) is 0 Å². The number of hydrogen-bond acceptors (Lipinski definition) is 3. The van der Waals surface area contributed by atoms with Crippen molar-refractivity contribution in [2.45, 2.75) is 24.4 Å². The van der Waals surface area contributed by atoms with Gasteiger partial charge in [0.2, 0.25) is 0 Å². The normalized spacial score (nSPS) is 12.2. The smallest absolute Gasteiger partial charge is 0.268 e. The van der Waals surface area contributed by atoms with E-state index in [1.54, 1.807) is 14.8 Å². The minimum absolute atomic E-state index is 0.0508. The van der Waals surface area contributed by atoms with Gasteiger partial charge >= 0.3 is 6.18 Å². The molecule has 0 saturated carbocycles. The first-order valence-electron chi connectivity index (χ1n) is 7.50. The monoisotopic (exact) mass is 424 g/mol. The van der Waals surface area contributed by atoms with Crippen LogP contribution in [0.15, 0.2) is 35.4 Å². The molecular formula is C15H14BCl2F3N2O2S. The molecule has 0 saturated heterocycles. The van der Waals surface area contributed by atoms with E-state index < -0.39 is 31.7 Å². The summed E-state index contributed by atoms with van der Waals surface area (Å²) in [5.74, 6) is 0. The first kappa shape index (κ1) is 20.9. The van der Waals surface area contributed by atoms with Gasteiger partial charge in [0.15, 0.2) is 7.85 Å². The van der Waals surface area contributed by atoms with E-state index in [9.17, 15) is 21.6 Å². The third kappa shape index (κ3) is 4.27. The van der Waals surface area contributed by atoms with Gasteiger partial charge in [0.25, 0.3) is 10.0 Å². The standard InChI is InChI=1S/C15H14BCl2F3N2O2S/c1-2-5-23(13-6-9(17)8-22-14(13)16)26(24,25)10-3-4-12(18)11(7-10)15(19,20)21/h3-4,6-8H,2,5,16H2,1H3. The number of nitrogens with zero attached hydrogens (tertiary/aromatic N) is 2. The molecule has 0 spiro atoms. The Labute approximate surface area is 160 Å². The predicted molar refractivity (Wildman–Crippen MR) is 98.7 cm³/mol. The molecule has 140 valence electrons. The number of rotatable bonds is 5. The van der Waals surface area contributed by atoms with Gasteiger partial charge in [0, 0.05) is 18.3 Å². The number of aromatic nitrogens is 1. The van der Waals surface area contributed by atoms with Crippen LogP contribution in [-0.4, -0.2) is 27.8 Å². The number of sulfonamides is 1. The van der Waals surface area contributed by atoms with Crippen LogP contribution < -0.4 is 9.90 Å². The zero-order valence-electron chi connectivity index (χ0n) is 13.8. The van der Waals surface area contributed by atoms with Crippen LogP contribution in [0.2, 0.25) is 10.0 Å². The van der Waals surface area contributed by atoms with Crippen molar-refractivity contribution < 1.29 is 21.6 Å². The highest BCUT2D eigenvalue weighted by atomic mass is 35.5. The lowest BCUT2D eigenvalue weighted by molar-refractivity contribution is -0.137. The second kappa shape index (κ2) is 7.66. The van der Waals surface area contributed by atoms with Crippen molar-refractivity contribution in [2.75, 3.05) is 10.8 Å². The van der Waals surface area contributed by atoms with Crippen molar-refractivity contribution >= 4 is 52.4 Å². The van der Waals surface area contributed by atoms with Gasteiger partial charge in [-0.1, -0.05) is 30.1 Å². The molecule has 0 fully saturated rings. The van der Waals surface area contributed by atoms with Gasteiger partial charge in [0.05, 0.1) is 26.2 Å². The maximum absolute atomic E-state index is 13.1. The van der Waals surface area contributed by atoms with Gasteiger partial charge in [-0.3, -0.25) is 9.29 Å². The van der Waals surface area contributed by atoms with Crippen LogP contribution in [-0.2, 0) is 16.2 Å². The van der Waals surface area contributed by atoms with E-state index in [2.05, 4.69) is 4.98 Å². The molecule has 0 amide bonds. The molecule has 0 N–H and O–H groups in total. The maximum Gasteiger partial charge on any atom is 0.417 e. The van der Waals surface area contributed by atoms with Crippen molar-refractivity contribution in [2.24, 2.45) is 0 Å². The summed E-state index contributed by atoms with van der Waals surface area (Å²) in [4.78, 5) is 3.51. The first-order chi connectivity index (χ1) is 12.0. The van der Waals surface area contributed by atoms with Gasteiger partial charge in [-0.05, 0) is 30.7 Å². The van der Waals surface area contributed by atoms with Gasteiger partial charge < -0.3 is 0 Å². The quantitative estimate of drug-likeness (QED) is 0.692. The van der Waals surface area contributed by atoms with Gasteiger partial charge in [0.1, 0.15) is 0 Å². The Morgan fingerprint density at radius 1 is 1.23 bits per heavy atom. The van der Waals surface area contributed by atoms with Crippen molar-refractivity contribution in [3.05, 3.63) is 46.1 Å². The minimum atomic E-state index is -4.77. The average Bonchev–Trinajstić information content (AvgIpc) is 2.54. The summed E-state index contributed by atoms with van der Waals surface area (Å²) < 4.78 is 66.3. The van der Waals surface area contributed by atoms with Gasteiger partial charge in [-0.25, -0.2) is 8.42 Å². The summed E-state index contributed by atoms with van der Waals surface area (Å²) in [5.41, 5.74) is -0.614. The van der Waals surface area contributed by atoms with Crippen LogP contribution in [0.3, 0.4) is 0 Å². The number of halogens is 5. The van der Waals surface area contributed by atoms with Gasteiger partial charge in [-0.15, -0.1) is 0 Å². The summed E-state index contributed by atoms with van der Waals surface area (Å²) in [6.07, 6.45) is -2.97. The minimum Gasteiger partial charge on any atom is -0.268 e. The summed E-state index contributed by atoms with van der Waals surface area (Å²) in [6.45, 7) is 1.80. The molecule has 0 bridgehead atoms. The Bertz CT molecular complexity index is 924. The molecule has 0 aliphatic carbocycles. The van der Waals surface area contributed by atoms with Crippen molar-refractivity contribution in [3.8, 4) is 0 Å². The van der Waals surface area contributed by atoms with Crippen molar-refractivity contribution in [1.82, 2.24) is 4.98 Å². The van der Waals surface area contributed by atoms with Crippen LogP contribution in [0.4, 0.5) is 18.9 Å². The Kier molecular flexibility index (Phi) is 6.15. The summed E-state index contributed by atoms with van der Waals surface area (Å²) in [7, 11) is -2.69. The molecule has 1 aromatic carbocycles. The molecule has 11 heteroatoms. The molecular weight excluding hydrogens is 411 g/mol. The summed E-state index contributed by atoms with van der Waals surface area (Å²) in [6, 6.07) is 3.92. The van der Waals surface area contributed by atoms with Crippen LogP contribution in [0, 0.1) is 0 Å². The third-order valence-corrected chi connectivity index (χ3v) is 5.90. The van der Waals surface area contributed by atoms with Crippen LogP contribution in [0.25, 0.3) is 0 Å². The Balaban J connectivity index is 2.64. The third-order valence-electron chi connectivity index (χ3n) is 3.55. The van der Waals surface area contributed by atoms with Crippen molar-refractivity contribution in [3.63, 3.8) is 0 Å². The second-order valence-corrected chi connectivity index (χ2v) is 8.18. The number of pyridine rings is 1. The van der Waals surface area contributed by atoms with E-state index in [0.717, 1.165) is 16.4 Å². The Hall–Kier alpha value is -1.45. The van der Waals surface area contributed by atoms with E-state index in [1.165, 1.54) is 12.3 Å². The predicted octanol–water partition coefficient (Wildman–Crippen LogP) is 3.27. The fraction of sp³-hybridized carbons (Fsp3) is 0.267. The molecule has 0 unspecified atom stereocenters. The summed E-state index contributed by atoms with van der Waals surface area (Å²) in [5, 5.41) is -0.354. The molecule has 0 atom stereocenters.